The molecule has 0 aliphatic rings. The first-order valence-corrected chi connectivity index (χ1v) is 6.19. The van der Waals surface area contributed by atoms with E-state index in [1.165, 1.54) is 12.1 Å². The smallest absolute Gasteiger partial charge is 0.126 e. The van der Waals surface area contributed by atoms with Crippen LogP contribution in [0.25, 0.3) is 0 Å². The molecule has 2 nitrogen and oxygen atoms in total. The van der Waals surface area contributed by atoms with Crippen molar-refractivity contribution in [1.82, 2.24) is 0 Å². The molecular formula is C13H18ClFO2. The van der Waals surface area contributed by atoms with Gasteiger partial charge in [-0.2, -0.15) is 0 Å². The topological polar surface area (TPSA) is 29.5 Å². The Labute approximate surface area is 106 Å². The predicted molar refractivity (Wildman–Crippen MR) is 66.8 cm³/mol. The molecule has 1 aromatic rings. The van der Waals surface area contributed by atoms with Gasteiger partial charge in [0.15, 0.2) is 0 Å². The van der Waals surface area contributed by atoms with E-state index >= 15 is 0 Å². The largest absolute Gasteiger partial charge is 0.390 e. The fourth-order valence-corrected chi connectivity index (χ4v) is 1.97. The zero-order chi connectivity index (χ0) is 12.8. The molecule has 2 unspecified atom stereocenters. The lowest BCUT2D eigenvalue weighted by Crippen LogP contribution is -2.30. The van der Waals surface area contributed by atoms with E-state index in [1.807, 2.05) is 13.8 Å². The fourth-order valence-electron chi connectivity index (χ4n) is 1.77. The van der Waals surface area contributed by atoms with E-state index in [1.54, 1.807) is 6.07 Å². The van der Waals surface area contributed by atoms with Crippen LogP contribution in [0.2, 0.25) is 5.02 Å². The molecule has 0 aliphatic heterocycles. The van der Waals surface area contributed by atoms with Crippen LogP contribution in [0.5, 0.6) is 0 Å². The molecule has 1 rings (SSSR count). The van der Waals surface area contributed by atoms with E-state index < -0.39 is 6.10 Å². The molecule has 1 aromatic carbocycles. The molecule has 0 aromatic heterocycles. The molecule has 0 fully saturated rings. The van der Waals surface area contributed by atoms with Gasteiger partial charge in [-0.05, 0) is 37.1 Å². The molecule has 0 radical (unpaired) electrons. The minimum Gasteiger partial charge on any atom is -0.390 e. The van der Waals surface area contributed by atoms with Gasteiger partial charge in [-0.25, -0.2) is 4.39 Å². The maximum Gasteiger partial charge on any atom is 0.126 e. The zero-order valence-electron chi connectivity index (χ0n) is 10.1. The highest BCUT2D eigenvalue weighted by atomic mass is 35.5. The fraction of sp³-hybridized carbons (Fsp3) is 0.538. The van der Waals surface area contributed by atoms with Crippen LogP contribution in [0.3, 0.4) is 0 Å². The van der Waals surface area contributed by atoms with Crippen LogP contribution in [0.15, 0.2) is 18.2 Å². The lowest BCUT2D eigenvalue weighted by Gasteiger charge is -2.21. The second-order valence-electron chi connectivity index (χ2n) is 3.91. The normalized spacial score (nSPS) is 14.6. The van der Waals surface area contributed by atoms with Crippen molar-refractivity contribution >= 4 is 11.6 Å². The van der Waals surface area contributed by atoms with Crippen molar-refractivity contribution in [3.05, 3.63) is 34.6 Å². The minimum absolute atomic E-state index is 0.213. The Balaban J connectivity index is 2.72. The van der Waals surface area contributed by atoms with Crippen molar-refractivity contribution in [2.45, 2.75) is 38.9 Å². The Hall–Kier alpha value is -0.640. The van der Waals surface area contributed by atoms with Crippen molar-refractivity contribution in [3.8, 4) is 0 Å². The van der Waals surface area contributed by atoms with E-state index in [9.17, 15) is 9.50 Å². The van der Waals surface area contributed by atoms with E-state index in [0.717, 1.165) is 0 Å². The Bertz CT molecular complexity index is 357. The number of halogens is 2. The predicted octanol–water partition coefficient (Wildman–Crippen LogP) is 3.20. The van der Waals surface area contributed by atoms with Crippen molar-refractivity contribution < 1.29 is 14.2 Å². The summed E-state index contributed by atoms with van der Waals surface area (Å²) in [5.74, 6) is -0.347. The summed E-state index contributed by atoms with van der Waals surface area (Å²) in [6.07, 6.45) is -0.0754. The monoisotopic (exact) mass is 260 g/mol. The number of aliphatic hydroxyl groups is 1. The average Bonchev–Trinajstić information content (AvgIpc) is 2.30. The van der Waals surface area contributed by atoms with E-state index in [0.29, 0.717) is 23.6 Å². The van der Waals surface area contributed by atoms with Gasteiger partial charge in [0.25, 0.3) is 0 Å². The average molecular weight is 261 g/mol. The number of benzene rings is 1. The van der Waals surface area contributed by atoms with Gasteiger partial charge in [-0.3, -0.25) is 0 Å². The Morgan fingerprint density at radius 1 is 1.41 bits per heavy atom. The molecule has 0 heterocycles. The first-order valence-electron chi connectivity index (χ1n) is 5.82. The molecule has 4 heteroatoms. The van der Waals surface area contributed by atoms with Gasteiger partial charge in [0.05, 0.1) is 12.2 Å². The summed E-state index contributed by atoms with van der Waals surface area (Å²) >= 11 is 5.80. The van der Waals surface area contributed by atoms with Crippen molar-refractivity contribution in [2.24, 2.45) is 0 Å². The Morgan fingerprint density at radius 2 is 2.12 bits per heavy atom. The maximum absolute atomic E-state index is 13.5. The minimum atomic E-state index is -0.715. The molecule has 0 spiro atoms. The lowest BCUT2D eigenvalue weighted by atomic mass is 10.0. The van der Waals surface area contributed by atoms with Crippen LogP contribution < -0.4 is 0 Å². The van der Waals surface area contributed by atoms with Crippen LogP contribution in [-0.4, -0.2) is 23.9 Å². The van der Waals surface area contributed by atoms with Gasteiger partial charge in [0.2, 0.25) is 0 Å². The molecule has 0 amide bonds. The third-order valence-corrected chi connectivity index (χ3v) is 2.88. The number of hydrogen-bond donors (Lipinski definition) is 1. The second-order valence-corrected chi connectivity index (χ2v) is 4.35. The third kappa shape index (κ3) is 4.26. The van der Waals surface area contributed by atoms with Gasteiger partial charge in [0, 0.05) is 18.1 Å². The highest BCUT2D eigenvalue weighted by Gasteiger charge is 2.19. The molecule has 2 atom stereocenters. The summed E-state index contributed by atoms with van der Waals surface area (Å²) in [5.41, 5.74) is 0.420. The third-order valence-electron chi connectivity index (χ3n) is 2.65. The van der Waals surface area contributed by atoms with Crippen molar-refractivity contribution in [2.75, 3.05) is 6.61 Å². The number of aliphatic hydroxyl groups excluding tert-OH is 1. The van der Waals surface area contributed by atoms with Crippen molar-refractivity contribution in [3.63, 3.8) is 0 Å². The number of hydrogen-bond acceptors (Lipinski definition) is 2. The van der Waals surface area contributed by atoms with E-state index in [2.05, 4.69) is 0 Å². The Morgan fingerprint density at radius 3 is 2.71 bits per heavy atom. The molecular weight excluding hydrogens is 243 g/mol. The molecule has 96 valence electrons. The van der Waals surface area contributed by atoms with Gasteiger partial charge >= 0.3 is 0 Å². The SMILES string of the molecule is CCOC(CC)C(O)Cc1cc(Cl)ccc1F. The van der Waals surface area contributed by atoms with E-state index in [4.69, 9.17) is 16.3 Å². The molecule has 0 bridgehead atoms. The quantitative estimate of drug-likeness (QED) is 0.851. The van der Waals surface area contributed by atoms with Gasteiger partial charge < -0.3 is 9.84 Å². The first kappa shape index (κ1) is 14.4. The van der Waals surface area contributed by atoms with Crippen LogP contribution >= 0.6 is 11.6 Å². The molecule has 0 saturated heterocycles. The summed E-state index contributed by atoms with van der Waals surface area (Å²) in [5, 5.41) is 10.4. The van der Waals surface area contributed by atoms with E-state index in [-0.39, 0.29) is 18.3 Å². The molecule has 0 saturated carbocycles. The maximum atomic E-state index is 13.5. The zero-order valence-corrected chi connectivity index (χ0v) is 10.9. The number of rotatable bonds is 6. The Kier molecular flexibility index (Phi) is 5.89. The molecule has 0 aliphatic carbocycles. The van der Waals surface area contributed by atoms with Crippen molar-refractivity contribution in [1.29, 1.82) is 0 Å². The first-order chi connectivity index (χ1) is 8.08. The summed E-state index contributed by atoms with van der Waals surface area (Å²) in [6.45, 7) is 4.33. The van der Waals surface area contributed by atoms with Crippen LogP contribution in [0.4, 0.5) is 4.39 Å². The highest BCUT2D eigenvalue weighted by molar-refractivity contribution is 6.30. The number of ether oxygens (including phenoxy) is 1. The van der Waals surface area contributed by atoms with Gasteiger partial charge in [0.1, 0.15) is 5.82 Å². The summed E-state index contributed by atoms with van der Waals surface area (Å²) in [7, 11) is 0. The molecule has 1 N–H and O–H groups in total. The summed E-state index contributed by atoms with van der Waals surface area (Å²) in [6, 6.07) is 4.34. The standard InChI is InChI=1S/C13H18ClFO2/c1-3-13(17-4-2)12(16)8-9-7-10(14)5-6-11(9)15/h5-7,12-13,16H,3-4,8H2,1-2H3. The molecule has 17 heavy (non-hydrogen) atoms. The summed E-state index contributed by atoms with van der Waals surface area (Å²) in [4.78, 5) is 0. The highest BCUT2D eigenvalue weighted by Crippen LogP contribution is 2.18. The van der Waals surface area contributed by atoms with Crippen LogP contribution in [0.1, 0.15) is 25.8 Å². The summed E-state index contributed by atoms with van der Waals surface area (Å²) < 4.78 is 18.9. The lowest BCUT2D eigenvalue weighted by molar-refractivity contribution is -0.0337. The van der Waals surface area contributed by atoms with Crippen LogP contribution in [-0.2, 0) is 11.2 Å². The van der Waals surface area contributed by atoms with Crippen LogP contribution in [0, 0.1) is 5.82 Å². The second kappa shape index (κ2) is 6.94. The van der Waals surface area contributed by atoms with Gasteiger partial charge in [-0.1, -0.05) is 18.5 Å². The van der Waals surface area contributed by atoms with Gasteiger partial charge in [-0.15, -0.1) is 0 Å².